The van der Waals surface area contributed by atoms with Crippen molar-refractivity contribution in [2.75, 3.05) is 41.4 Å². The predicted molar refractivity (Wildman–Crippen MR) is 141 cm³/mol. The van der Waals surface area contributed by atoms with Crippen LogP contribution in [0.4, 0.5) is 21.9 Å². The number of nitrogens with one attached hydrogen (secondary N) is 2. The van der Waals surface area contributed by atoms with Gasteiger partial charge >= 0.3 is 6.03 Å². The summed E-state index contributed by atoms with van der Waals surface area (Å²) in [6, 6.07) is 21.7. The summed E-state index contributed by atoms with van der Waals surface area (Å²) in [4.78, 5) is 17.3. The zero-order chi connectivity index (χ0) is 25.1. The van der Waals surface area contributed by atoms with Crippen molar-refractivity contribution >= 4 is 33.1 Å². The Morgan fingerprint density at radius 1 is 1.00 bits per heavy atom. The molecule has 2 N–H and O–H groups in total. The molecule has 2 aliphatic heterocycles. The third kappa shape index (κ3) is 5.23. The number of carbonyl (C=O) groups excluding carboxylic acids is 1. The second-order valence-corrected chi connectivity index (χ2v) is 10.9. The van der Waals surface area contributed by atoms with E-state index in [-0.39, 0.29) is 23.5 Å². The molecule has 0 saturated carbocycles. The number of benzene rings is 3. The number of amides is 2. The van der Waals surface area contributed by atoms with Crippen LogP contribution in [0.3, 0.4) is 0 Å². The molecule has 188 valence electrons. The van der Waals surface area contributed by atoms with Gasteiger partial charge < -0.3 is 15.0 Å². The van der Waals surface area contributed by atoms with Crippen LogP contribution in [-0.4, -0.2) is 46.8 Å². The van der Waals surface area contributed by atoms with Crippen molar-refractivity contribution in [2.24, 2.45) is 0 Å². The number of sulfonamides is 1. The number of morpholine rings is 1. The number of rotatable bonds is 6. The summed E-state index contributed by atoms with van der Waals surface area (Å²) in [7, 11) is -3.74. The number of hydrogen-bond acceptors (Lipinski definition) is 5. The van der Waals surface area contributed by atoms with Crippen molar-refractivity contribution in [3.8, 4) is 0 Å². The standard InChI is InChI=1S/C27H30N4O4S/c1-20-17-22-7-12-25(36(33,34)28-19-21-5-3-2-4-6-21)18-26(22)31(20)27(32)29-23-8-10-24(11-9-23)30-13-15-35-16-14-30/h2-12,18,20,28H,13-17,19H2,1H3,(H,29,32). The van der Waals surface area contributed by atoms with Gasteiger partial charge in [0.15, 0.2) is 0 Å². The van der Waals surface area contributed by atoms with Crippen molar-refractivity contribution in [3.05, 3.63) is 83.9 Å². The summed E-state index contributed by atoms with van der Waals surface area (Å²) in [5.41, 5.74) is 4.21. The second-order valence-electron chi connectivity index (χ2n) is 9.10. The molecule has 0 bridgehead atoms. The molecule has 0 aliphatic carbocycles. The molecule has 1 unspecified atom stereocenters. The van der Waals surface area contributed by atoms with Crippen LogP contribution in [0.1, 0.15) is 18.1 Å². The van der Waals surface area contributed by atoms with Gasteiger partial charge in [-0.15, -0.1) is 0 Å². The molecule has 1 atom stereocenters. The fourth-order valence-electron chi connectivity index (χ4n) is 4.68. The number of hydrogen-bond donors (Lipinski definition) is 2. The first kappa shape index (κ1) is 24.3. The zero-order valence-corrected chi connectivity index (χ0v) is 21.0. The highest BCUT2D eigenvalue weighted by Gasteiger charge is 2.32. The van der Waals surface area contributed by atoms with Crippen LogP contribution in [0.25, 0.3) is 0 Å². The van der Waals surface area contributed by atoms with Gasteiger partial charge in [0.25, 0.3) is 0 Å². The summed E-state index contributed by atoms with van der Waals surface area (Å²) >= 11 is 0. The highest BCUT2D eigenvalue weighted by Crippen LogP contribution is 2.35. The van der Waals surface area contributed by atoms with E-state index in [9.17, 15) is 13.2 Å². The highest BCUT2D eigenvalue weighted by molar-refractivity contribution is 7.89. The molecular weight excluding hydrogens is 476 g/mol. The van der Waals surface area contributed by atoms with E-state index in [0.717, 1.165) is 29.9 Å². The molecule has 3 aromatic carbocycles. The minimum atomic E-state index is -3.74. The van der Waals surface area contributed by atoms with Gasteiger partial charge in [0.2, 0.25) is 10.0 Å². The summed E-state index contributed by atoms with van der Waals surface area (Å²) in [6.07, 6.45) is 0.663. The Morgan fingerprint density at radius 2 is 1.72 bits per heavy atom. The first-order chi connectivity index (χ1) is 17.4. The molecule has 3 aromatic rings. The number of ether oxygens (including phenoxy) is 1. The number of carbonyl (C=O) groups is 1. The highest BCUT2D eigenvalue weighted by atomic mass is 32.2. The van der Waals surface area contributed by atoms with Crippen LogP contribution in [-0.2, 0) is 27.7 Å². The fourth-order valence-corrected chi connectivity index (χ4v) is 5.72. The third-order valence-corrected chi connectivity index (χ3v) is 8.00. The van der Waals surface area contributed by atoms with E-state index in [1.807, 2.05) is 61.5 Å². The molecule has 0 spiro atoms. The molecular formula is C27H30N4O4S. The van der Waals surface area contributed by atoms with Crippen molar-refractivity contribution in [1.82, 2.24) is 4.72 Å². The minimum Gasteiger partial charge on any atom is -0.378 e. The van der Waals surface area contributed by atoms with Crippen LogP contribution in [0, 0.1) is 0 Å². The molecule has 1 fully saturated rings. The molecule has 36 heavy (non-hydrogen) atoms. The summed E-state index contributed by atoms with van der Waals surface area (Å²) in [5.74, 6) is 0. The van der Waals surface area contributed by atoms with Crippen molar-refractivity contribution in [1.29, 1.82) is 0 Å². The van der Waals surface area contributed by atoms with Gasteiger partial charge in [-0.25, -0.2) is 17.9 Å². The Morgan fingerprint density at radius 3 is 2.44 bits per heavy atom. The Bertz CT molecular complexity index is 1320. The SMILES string of the molecule is CC1Cc2ccc(S(=O)(=O)NCc3ccccc3)cc2N1C(=O)Nc1ccc(N2CCOCC2)cc1. The van der Waals surface area contributed by atoms with Crippen LogP contribution in [0.15, 0.2) is 77.7 Å². The van der Waals surface area contributed by atoms with E-state index in [2.05, 4.69) is 14.9 Å². The van der Waals surface area contributed by atoms with Crippen LogP contribution in [0.2, 0.25) is 0 Å². The van der Waals surface area contributed by atoms with Gasteiger partial charge in [0.1, 0.15) is 0 Å². The molecule has 0 aromatic heterocycles. The quantitative estimate of drug-likeness (QED) is 0.528. The maximum absolute atomic E-state index is 13.3. The lowest BCUT2D eigenvalue weighted by Crippen LogP contribution is -2.39. The van der Waals surface area contributed by atoms with Gasteiger partial charge in [0.05, 0.1) is 23.8 Å². The summed E-state index contributed by atoms with van der Waals surface area (Å²) < 4.78 is 34.0. The van der Waals surface area contributed by atoms with Gasteiger partial charge in [-0.2, -0.15) is 0 Å². The van der Waals surface area contributed by atoms with E-state index in [1.165, 1.54) is 0 Å². The molecule has 2 aliphatic rings. The third-order valence-electron chi connectivity index (χ3n) is 6.61. The number of anilines is 3. The van der Waals surface area contributed by atoms with E-state index in [1.54, 1.807) is 23.1 Å². The molecule has 5 rings (SSSR count). The van der Waals surface area contributed by atoms with Crippen LogP contribution >= 0.6 is 0 Å². The second kappa shape index (κ2) is 10.3. The molecule has 2 heterocycles. The lowest BCUT2D eigenvalue weighted by atomic mass is 10.1. The Hall–Kier alpha value is -3.40. The normalized spacial score (nSPS) is 17.6. The predicted octanol–water partition coefficient (Wildman–Crippen LogP) is 3.98. The summed E-state index contributed by atoms with van der Waals surface area (Å²) in [5, 5.41) is 2.97. The van der Waals surface area contributed by atoms with E-state index in [0.29, 0.717) is 31.0 Å². The van der Waals surface area contributed by atoms with Gasteiger partial charge in [-0.1, -0.05) is 36.4 Å². The van der Waals surface area contributed by atoms with E-state index < -0.39 is 10.0 Å². The lowest BCUT2D eigenvalue weighted by Gasteiger charge is -2.29. The molecule has 0 radical (unpaired) electrons. The van der Waals surface area contributed by atoms with Crippen molar-refractivity contribution < 1.29 is 17.9 Å². The largest absolute Gasteiger partial charge is 0.378 e. The molecule has 1 saturated heterocycles. The Kier molecular flexibility index (Phi) is 6.95. The topological polar surface area (TPSA) is 91.0 Å². The Balaban J connectivity index is 1.30. The number of nitrogens with zero attached hydrogens (tertiary/aromatic N) is 2. The van der Waals surface area contributed by atoms with Gasteiger partial charge in [-0.3, -0.25) is 4.90 Å². The first-order valence-corrected chi connectivity index (χ1v) is 13.6. The molecule has 2 amide bonds. The lowest BCUT2D eigenvalue weighted by molar-refractivity contribution is 0.122. The van der Waals surface area contributed by atoms with E-state index >= 15 is 0 Å². The molecule has 8 nitrogen and oxygen atoms in total. The zero-order valence-electron chi connectivity index (χ0n) is 20.2. The average molecular weight is 507 g/mol. The first-order valence-electron chi connectivity index (χ1n) is 12.1. The Labute approximate surface area is 211 Å². The average Bonchev–Trinajstić information content (AvgIpc) is 3.24. The maximum Gasteiger partial charge on any atom is 0.326 e. The van der Waals surface area contributed by atoms with Gasteiger partial charge in [0, 0.05) is 37.1 Å². The number of urea groups is 1. The fraction of sp³-hybridized carbons (Fsp3) is 0.296. The molecule has 9 heteroatoms. The number of fused-ring (bicyclic) bond motifs is 1. The van der Waals surface area contributed by atoms with Crippen molar-refractivity contribution in [2.45, 2.75) is 30.8 Å². The van der Waals surface area contributed by atoms with Crippen LogP contribution in [0.5, 0.6) is 0 Å². The monoisotopic (exact) mass is 506 g/mol. The maximum atomic E-state index is 13.3. The minimum absolute atomic E-state index is 0.0946. The van der Waals surface area contributed by atoms with Gasteiger partial charge in [-0.05, 0) is 60.9 Å². The van der Waals surface area contributed by atoms with Crippen LogP contribution < -0.4 is 19.8 Å². The summed E-state index contributed by atoms with van der Waals surface area (Å²) in [6.45, 7) is 5.27. The van der Waals surface area contributed by atoms with E-state index in [4.69, 9.17) is 4.74 Å². The van der Waals surface area contributed by atoms with Crippen molar-refractivity contribution in [3.63, 3.8) is 0 Å². The smallest absolute Gasteiger partial charge is 0.326 e.